The van der Waals surface area contributed by atoms with Crippen molar-refractivity contribution in [2.45, 2.75) is 32.6 Å². The van der Waals surface area contributed by atoms with Gasteiger partial charge in [-0.15, -0.1) is 0 Å². The molecule has 0 unspecified atom stereocenters. The maximum atomic E-state index is 13.1. The molecule has 7 nitrogen and oxygen atoms in total. The Morgan fingerprint density at radius 2 is 1.45 bits per heavy atom. The molecule has 1 aliphatic rings. The van der Waals surface area contributed by atoms with Crippen molar-refractivity contribution in [3.63, 3.8) is 0 Å². The summed E-state index contributed by atoms with van der Waals surface area (Å²) in [5.74, 6) is 1.74. The number of methoxy groups -OCH3 is 2. The van der Waals surface area contributed by atoms with Gasteiger partial charge >= 0.3 is 0 Å². The number of hydrogen-bond acceptors (Lipinski definition) is 5. The zero-order chi connectivity index (χ0) is 23.6. The number of hydrogen-bond donors (Lipinski definition) is 0. The second-order valence-electron chi connectivity index (χ2n) is 8.09. The molecule has 0 spiro atoms. The van der Waals surface area contributed by atoms with Gasteiger partial charge in [0.1, 0.15) is 5.75 Å². The number of nitrogens with zero attached hydrogens (tertiary/aromatic N) is 2. The van der Waals surface area contributed by atoms with Crippen molar-refractivity contribution in [2.24, 2.45) is 0 Å². The third-order valence-electron chi connectivity index (χ3n) is 5.84. The van der Waals surface area contributed by atoms with Crippen molar-refractivity contribution >= 4 is 11.8 Å². The van der Waals surface area contributed by atoms with Gasteiger partial charge in [-0.2, -0.15) is 0 Å². The van der Waals surface area contributed by atoms with Crippen LogP contribution < -0.4 is 14.2 Å². The second kappa shape index (κ2) is 12.1. The van der Waals surface area contributed by atoms with Crippen molar-refractivity contribution in [1.82, 2.24) is 9.80 Å². The van der Waals surface area contributed by atoms with Crippen LogP contribution in [0.5, 0.6) is 17.2 Å². The number of amides is 2. The Kier molecular flexibility index (Phi) is 8.98. The van der Waals surface area contributed by atoms with Crippen LogP contribution in [-0.4, -0.2) is 68.6 Å². The average Bonchev–Trinajstić information content (AvgIpc) is 2.87. The summed E-state index contributed by atoms with van der Waals surface area (Å²) in [7, 11) is 3.16. The Morgan fingerprint density at radius 1 is 0.788 bits per heavy atom. The first-order valence-corrected chi connectivity index (χ1v) is 11.6. The molecule has 3 rings (SSSR count). The third-order valence-corrected chi connectivity index (χ3v) is 5.84. The van der Waals surface area contributed by atoms with Crippen molar-refractivity contribution in [1.29, 1.82) is 0 Å². The third kappa shape index (κ3) is 6.40. The van der Waals surface area contributed by atoms with E-state index in [2.05, 4.69) is 6.92 Å². The van der Waals surface area contributed by atoms with Crippen LogP contribution in [0.25, 0.3) is 0 Å². The number of unbranched alkanes of at least 4 members (excludes halogenated alkanes) is 3. The predicted octanol–water partition coefficient (Wildman–Crippen LogP) is 4.26. The molecule has 1 heterocycles. The zero-order valence-corrected chi connectivity index (χ0v) is 19.8. The number of ether oxygens (including phenoxy) is 3. The molecule has 0 aliphatic carbocycles. The number of benzene rings is 2. The summed E-state index contributed by atoms with van der Waals surface area (Å²) in [6, 6.07) is 12.4. The molecule has 2 aromatic carbocycles. The summed E-state index contributed by atoms with van der Waals surface area (Å²) in [6.07, 6.45) is 4.52. The molecule has 1 fully saturated rings. The molecule has 0 atom stereocenters. The quantitative estimate of drug-likeness (QED) is 0.502. The Balaban J connectivity index is 1.56. The van der Waals surface area contributed by atoms with Gasteiger partial charge in [-0.25, -0.2) is 0 Å². The van der Waals surface area contributed by atoms with Crippen molar-refractivity contribution in [3.8, 4) is 17.2 Å². The van der Waals surface area contributed by atoms with Crippen LogP contribution in [0.3, 0.4) is 0 Å². The summed E-state index contributed by atoms with van der Waals surface area (Å²) < 4.78 is 16.5. The van der Waals surface area contributed by atoms with Gasteiger partial charge in [0.25, 0.3) is 11.8 Å². The van der Waals surface area contributed by atoms with E-state index in [1.807, 2.05) is 6.07 Å². The first-order valence-electron chi connectivity index (χ1n) is 11.6. The van der Waals surface area contributed by atoms with Crippen LogP contribution in [0.1, 0.15) is 53.3 Å². The fourth-order valence-corrected chi connectivity index (χ4v) is 3.86. The number of carbonyl (C=O) groups is 2. The van der Waals surface area contributed by atoms with Gasteiger partial charge in [0.2, 0.25) is 0 Å². The molecule has 7 heteroatoms. The Bertz CT molecular complexity index is 938. The fraction of sp³-hybridized carbons (Fsp3) is 0.462. The van der Waals surface area contributed by atoms with E-state index in [-0.39, 0.29) is 11.8 Å². The normalized spacial score (nSPS) is 13.5. The Morgan fingerprint density at radius 3 is 2.06 bits per heavy atom. The maximum Gasteiger partial charge on any atom is 0.254 e. The van der Waals surface area contributed by atoms with Gasteiger partial charge in [-0.05, 0) is 42.8 Å². The molecule has 1 aliphatic heterocycles. The van der Waals surface area contributed by atoms with Gasteiger partial charge in [-0.1, -0.05) is 32.3 Å². The number of piperazine rings is 1. The molecular formula is C26H34N2O5. The molecule has 0 saturated carbocycles. The highest BCUT2D eigenvalue weighted by Crippen LogP contribution is 2.29. The summed E-state index contributed by atoms with van der Waals surface area (Å²) in [4.78, 5) is 29.4. The lowest BCUT2D eigenvalue weighted by atomic mass is 10.1. The van der Waals surface area contributed by atoms with E-state index in [0.29, 0.717) is 61.2 Å². The lowest BCUT2D eigenvalue weighted by molar-refractivity contribution is 0.0535. The minimum absolute atomic E-state index is 0.0527. The average molecular weight is 455 g/mol. The Labute approximate surface area is 196 Å². The molecular weight excluding hydrogens is 420 g/mol. The van der Waals surface area contributed by atoms with E-state index in [1.165, 1.54) is 12.8 Å². The minimum atomic E-state index is -0.0729. The van der Waals surface area contributed by atoms with Crippen molar-refractivity contribution < 1.29 is 23.8 Å². The van der Waals surface area contributed by atoms with Gasteiger partial charge in [0.15, 0.2) is 11.5 Å². The molecule has 0 radical (unpaired) electrons. The largest absolute Gasteiger partial charge is 0.497 e. The molecule has 1 saturated heterocycles. The summed E-state index contributed by atoms with van der Waals surface area (Å²) >= 11 is 0. The first kappa shape index (κ1) is 24.4. The molecule has 0 N–H and O–H groups in total. The van der Waals surface area contributed by atoms with Crippen molar-refractivity contribution in [2.75, 3.05) is 47.0 Å². The monoisotopic (exact) mass is 454 g/mol. The Hall–Kier alpha value is -3.22. The summed E-state index contributed by atoms with van der Waals surface area (Å²) in [6.45, 7) is 4.74. The second-order valence-corrected chi connectivity index (χ2v) is 8.09. The van der Waals surface area contributed by atoms with Crippen LogP contribution in [0.2, 0.25) is 0 Å². The van der Waals surface area contributed by atoms with E-state index in [9.17, 15) is 9.59 Å². The lowest BCUT2D eigenvalue weighted by Gasteiger charge is -2.35. The smallest absolute Gasteiger partial charge is 0.254 e. The SMILES string of the molecule is CCCCCCOc1ccc(C(=O)N2CCN(C(=O)c3cccc(OC)c3)CC2)cc1OC. The van der Waals surface area contributed by atoms with Gasteiger partial charge in [0, 0.05) is 37.3 Å². The highest BCUT2D eigenvalue weighted by Gasteiger charge is 2.26. The summed E-state index contributed by atoms with van der Waals surface area (Å²) in [5, 5.41) is 0. The molecule has 178 valence electrons. The topological polar surface area (TPSA) is 68.3 Å². The van der Waals surface area contributed by atoms with Crippen LogP contribution in [0, 0.1) is 0 Å². The summed E-state index contributed by atoms with van der Waals surface area (Å²) in [5.41, 5.74) is 1.14. The fourth-order valence-electron chi connectivity index (χ4n) is 3.86. The van der Waals surface area contributed by atoms with Crippen LogP contribution >= 0.6 is 0 Å². The highest BCUT2D eigenvalue weighted by atomic mass is 16.5. The van der Waals surface area contributed by atoms with Gasteiger partial charge in [0.05, 0.1) is 20.8 Å². The van der Waals surface area contributed by atoms with Gasteiger partial charge < -0.3 is 24.0 Å². The molecule has 2 aromatic rings. The van der Waals surface area contributed by atoms with Crippen LogP contribution in [0.4, 0.5) is 0 Å². The minimum Gasteiger partial charge on any atom is -0.497 e. The predicted molar refractivity (Wildman–Crippen MR) is 127 cm³/mol. The lowest BCUT2D eigenvalue weighted by Crippen LogP contribution is -2.50. The van der Waals surface area contributed by atoms with Crippen LogP contribution in [-0.2, 0) is 0 Å². The van der Waals surface area contributed by atoms with E-state index in [0.717, 1.165) is 12.8 Å². The molecule has 2 amide bonds. The van der Waals surface area contributed by atoms with E-state index >= 15 is 0 Å². The van der Waals surface area contributed by atoms with Crippen molar-refractivity contribution in [3.05, 3.63) is 53.6 Å². The van der Waals surface area contributed by atoms with Gasteiger partial charge in [-0.3, -0.25) is 9.59 Å². The first-order chi connectivity index (χ1) is 16.1. The zero-order valence-electron chi connectivity index (χ0n) is 19.8. The van der Waals surface area contributed by atoms with E-state index in [4.69, 9.17) is 14.2 Å². The number of rotatable bonds is 10. The molecule has 0 aromatic heterocycles. The standard InChI is InChI=1S/C26H34N2O5/c1-4-5-6-7-17-33-23-12-11-21(19-24(23)32-3)26(30)28-15-13-27(14-16-28)25(29)20-9-8-10-22(18-20)31-2/h8-12,18-19H,4-7,13-17H2,1-3H3. The van der Waals surface area contributed by atoms with E-state index < -0.39 is 0 Å². The number of carbonyl (C=O) groups excluding carboxylic acids is 2. The maximum absolute atomic E-state index is 13.1. The van der Waals surface area contributed by atoms with Crippen LogP contribution in [0.15, 0.2) is 42.5 Å². The molecule has 33 heavy (non-hydrogen) atoms. The molecule has 0 bridgehead atoms. The van der Waals surface area contributed by atoms with E-state index in [1.54, 1.807) is 60.4 Å². The highest BCUT2D eigenvalue weighted by molar-refractivity contribution is 5.96.